The van der Waals surface area contributed by atoms with Crippen LogP contribution in [0.15, 0.2) is 54.6 Å². The molecule has 2 heterocycles. The Morgan fingerprint density at radius 3 is 2.46 bits per heavy atom. The summed E-state index contributed by atoms with van der Waals surface area (Å²) >= 11 is 0. The van der Waals surface area contributed by atoms with Crippen LogP contribution in [0.2, 0.25) is 0 Å². The summed E-state index contributed by atoms with van der Waals surface area (Å²) in [6, 6.07) is 19.9. The Balaban J connectivity index is 1.49. The SMILES string of the molecule is c1ccc(C2CCC3(CC2)NCCc2c3[nH]c3ccccc23)cc1. The largest absolute Gasteiger partial charge is 0.357 e. The van der Waals surface area contributed by atoms with Crippen LogP contribution in [0.25, 0.3) is 10.9 Å². The minimum Gasteiger partial charge on any atom is -0.357 e. The fraction of sp³-hybridized carbons (Fsp3) is 0.364. The molecule has 1 aromatic heterocycles. The number of rotatable bonds is 1. The lowest BCUT2D eigenvalue weighted by Gasteiger charge is -2.43. The van der Waals surface area contributed by atoms with Crippen LogP contribution >= 0.6 is 0 Å². The number of aromatic amines is 1. The number of para-hydroxylation sites is 1. The lowest BCUT2D eigenvalue weighted by Crippen LogP contribution is -2.49. The maximum atomic E-state index is 3.89. The third-order valence-corrected chi connectivity index (χ3v) is 6.24. The number of fused-ring (bicyclic) bond motifs is 4. The Labute approximate surface area is 143 Å². The summed E-state index contributed by atoms with van der Waals surface area (Å²) in [7, 11) is 0. The van der Waals surface area contributed by atoms with E-state index in [9.17, 15) is 0 Å². The molecule has 2 aliphatic rings. The van der Waals surface area contributed by atoms with E-state index in [2.05, 4.69) is 64.9 Å². The van der Waals surface area contributed by atoms with Crippen LogP contribution in [-0.4, -0.2) is 11.5 Å². The first-order valence-electron chi connectivity index (χ1n) is 9.26. The van der Waals surface area contributed by atoms with Gasteiger partial charge in [-0.15, -0.1) is 0 Å². The van der Waals surface area contributed by atoms with Crippen molar-refractivity contribution in [1.82, 2.24) is 10.3 Å². The normalized spacial score (nSPS) is 26.6. The Bertz CT molecular complexity index is 854. The summed E-state index contributed by atoms with van der Waals surface area (Å²) in [5.74, 6) is 0.716. The Morgan fingerprint density at radius 2 is 1.62 bits per heavy atom. The van der Waals surface area contributed by atoms with Crippen molar-refractivity contribution < 1.29 is 0 Å². The van der Waals surface area contributed by atoms with E-state index in [-0.39, 0.29) is 5.54 Å². The number of H-pyrrole nitrogens is 1. The monoisotopic (exact) mass is 316 g/mol. The molecule has 0 radical (unpaired) electrons. The molecule has 24 heavy (non-hydrogen) atoms. The molecule has 1 aliphatic carbocycles. The molecule has 3 aromatic rings. The minimum absolute atomic E-state index is 0.165. The van der Waals surface area contributed by atoms with Crippen molar-refractivity contribution in [1.29, 1.82) is 0 Å². The van der Waals surface area contributed by atoms with E-state index in [0.29, 0.717) is 5.92 Å². The highest BCUT2D eigenvalue weighted by molar-refractivity contribution is 5.85. The Hall–Kier alpha value is -2.06. The van der Waals surface area contributed by atoms with Gasteiger partial charge in [0, 0.05) is 23.1 Å². The zero-order valence-electron chi connectivity index (χ0n) is 14.0. The summed E-state index contributed by atoms with van der Waals surface area (Å²) in [6.07, 6.45) is 6.14. The van der Waals surface area contributed by atoms with Crippen LogP contribution in [0.3, 0.4) is 0 Å². The highest BCUT2D eigenvalue weighted by Gasteiger charge is 2.41. The lowest BCUT2D eigenvalue weighted by molar-refractivity contribution is 0.202. The van der Waals surface area contributed by atoms with Crippen molar-refractivity contribution >= 4 is 10.9 Å². The topological polar surface area (TPSA) is 27.8 Å². The van der Waals surface area contributed by atoms with Gasteiger partial charge in [-0.25, -0.2) is 0 Å². The van der Waals surface area contributed by atoms with Gasteiger partial charge in [0.15, 0.2) is 0 Å². The molecule has 0 saturated heterocycles. The third kappa shape index (κ3) is 2.13. The molecule has 0 atom stereocenters. The Morgan fingerprint density at radius 1 is 0.875 bits per heavy atom. The second-order valence-electron chi connectivity index (χ2n) is 7.47. The number of nitrogens with one attached hydrogen (secondary N) is 2. The molecular weight excluding hydrogens is 292 g/mol. The van der Waals surface area contributed by atoms with Crippen LogP contribution in [-0.2, 0) is 12.0 Å². The second kappa shape index (κ2) is 5.49. The third-order valence-electron chi connectivity index (χ3n) is 6.24. The second-order valence-corrected chi connectivity index (χ2v) is 7.47. The van der Waals surface area contributed by atoms with Gasteiger partial charge in [-0.05, 0) is 55.2 Å². The number of aromatic nitrogens is 1. The van der Waals surface area contributed by atoms with Crippen molar-refractivity contribution in [3.63, 3.8) is 0 Å². The maximum Gasteiger partial charge on any atom is 0.0590 e. The van der Waals surface area contributed by atoms with Gasteiger partial charge >= 0.3 is 0 Å². The predicted molar refractivity (Wildman–Crippen MR) is 99.3 cm³/mol. The van der Waals surface area contributed by atoms with Crippen LogP contribution in [0.4, 0.5) is 0 Å². The first-order chi connectivity index (χ1) is 11.9. The van der Waals surface area contributed by atoms with Crippen LogP contribution < -0.4 is 5.32 Å². The average molecular weight is 316 g/mol. The molecule has 5 rings (SSSR count). The van der Waals surface area contributed by atoms with Gasteiger partial charge in [-0.3, -0.25) is 0 Å². The fourth-order valence-electron chi connectivity index (χ4n) is 4.98. The minimum atomic E-state index is 0.165. The van der Waals surface area contributed by atoms with Crippen molar-refractivity contribution in [2.24, 2.45) is 0 Å². The fourth-order valence-corrected chi connectivity index (χ4v) is 4.98. The molecule has 0 bridgehead atoms. The highest BCUT2D eigenvalue weighted by Crippen LogP contribution is 2.46. The quantitative estimate of drug-likeness (QED) is 0.659. The standard InChI is InChI=1S/C22H24N2/c1-2-6-16(7-3-1)17-10-13-22(14-11-17)21-19(12-15-23-22)18-8-4-5-9-20(18)24-21/h1-9,17,23-24H,10-15H2. The zero-order chi connectivity index (χ0) is 16.0. The average Bonchev–Trinajstić information content (AvgIpc) is 3.04. The molecular formula is C22H24N2. The molecule has 2 nitrogen and oxygen atoms in total. The van der Waals surface area contributed by atoms with E-state index in [1.807, 2.05) is 0 Å². The van der Waals surface area contributed by atoms with Crippen molar-refractivity contribution in [3.05, 3.63) is 71.4 Å². The maximum absolute atomic E-state index is 3.89. The molecule has 1 aliphatic heterocycles. The number of hydrogen-bond acceptors (Lipinski definition) is 1. The zero-order valence-corrected chi connectivity index (χ0v) is 14.0. The number of hydrogen-bond donors (Lipinski definition) is 2. The van der Waals surface area contributed by atoms with E-state index in [1.54, 1.807) is 5.56 Å². The van der Waals surface area contributed by atoms with Gasteiger partial charge < -0.3 is 10.3 Å². The van der Waals surface area contributed by atoms with Gasteiger partial charge in [-0.1, -0.05) is 48.5 Å². The van der Waals surface area contributed by atoms with E-state index in [1.165, 1.54) is 47.8 Å². The van der Waals surface area contributed by atoms with E-state index in [4.69, 9.17) is 0 Å². The van der Waals surface area contributed by atoms with E-state index >= 15 is 0 Å². The molecule has 1 saturated carbocycles. The molecule has 2 N–H and O–H groups in total. The molecule has 0 unspecified atom stereocenters. The van der Waals surface area contributed by atoms with Crippen LogP contribution in [0.1, 0.15) is 48.4 Å². The molecule has 1 spiro atoms. The summed E-state index contributed by atoms with van der Waals surface area (Å²) in [6.45, 7) is 1.10. The van der Waals surface area contributed by atoms with Gasteiger partial charge in [-0.2, -0.15) is 0 Å². The molecule has 122 valence electrons. The molecule has 2 aromatic carbocycles. The smallest absolute Gasteiger partial charge is 0.0590 e. The van der Waals surface area contributed by atoms with Gasteiger partial charge in [0.05, 0.1) is 5.54 Å². The summed E-state index contributed by atoms with van der Waals surface area (Å²) in [5, 5.41) is 5.32. The van der Waals surface area contributed by atoms with Crippen molar-refractivity contribution in [2.45, 2.75) is 43.6 Å². The van der Waals surface area contributed by atoms with Gasteiger partial charge in [0.1, 0.15) is 0 Å². The van der Waals surface area contributed by atoms with E-state index < -0.39 is 0 Å². The van der Waals surface area contributed by atoms with Crippen molar-refractivity contribution in [2.75, 3.05) is 6.54 Å². The lowest BCUT2D eigenvalue weighted by atomic mass is 9.70. The Kier molecular flexibility index (Phi) is 3.27. The molecule has 0 amide bonds. The molecule has 2 heteroatoms. The highest BCUT2D eigenvalue weighted by atomic mass is 15.0. The number of benzene rings is 2. The van der Waals surface area contributed by atoms with Crippen molar-refractivity contribution in [3.8, 4) is 0 Å². The summed E-state index contributed by atoms with van der Waals surface area (Å²) in [5.41, 5.74) is 6.01. The first-order valence-corrected chi connectivity index (χ1v) is 9.26. The van der Waals surface area contributed by atoms with E-state index in [0.717, 1.165) is 13.0 Å². The van der Waals surface area contributed by atoms with Gasteiger partial charge in [0.25, 0.3) is 0 Å². The predicted octanol–water partition coefficient (Wildman–Crippen LogP) is 4.87. The summed E-state index contributed by atoms with van der Waals surface area (Å²) < 4.78 is 0. The molecule has 1 fully saturated rings. The first kappa shape index (κ1) is 14.3. The van der Waals surface area contributed by atoms with Gasteiger partial charge in [0.2, 0.25) is 0 Å². The van der Waals surface area contributed by atoms with Crippen LogP contribution in [0, 0.1) is 0 Å². The van der Waals surface area contributed by atoms with Crippen LogP contribution in [0.5, 0.6) is 0 Å². The summed E-state index contributed by atoms with van der Waals surface area (Å²) in [4.78, 5) is 3.77.